The Morgan fingerprint density at radius 1 is 0.412 bits per heavy atom. The van der Waals surface area contributed by atoms with E-state index >= 15 is 0 Å². The van der Waals surface area contributed by atoms with E-state index in [4.69, 9.17) is 9.72 Å². The third-order valence-electron chi connectivity index (χ3n) is 11.3. The number of nitrogens with zero attached hydrogens (tertiary/aromatic N) is 1. The molecule has 0 amide bonds. The van der Waals surface area contributed by atoms with Crippen LogP contribution in [0.1, 0.15) is 47.2 Å². The smallest absolute Gasteiger partial charge is 0.132 e. The highest BCUT2D eigenvalue weighted by atomic mass is 16.5. The van der Waals surface area contributed by atoms with E-state index in [9.17, 15) is 0 Å². The van der Waals surface area contributed by atoms with Gasteiger partial charge in [0.1, 0.15) is 11.5 Å². The molecule has 7 aromatic carbocycles. The number of benzene rings is 7. The number of hydrogen-bond donors (Lipinski definition) is 0. The topological polar surface area (TPSA) is 22.1 Å². The molecule has 1 spiro atoms. The Labute approximate surface area is 298 Å². The van der Waals surface area contributed by atoms with Gasteiger partial charge in [0.05, 0.1) is 10.9 Å². The highest BCUT2D eigenvalue weighted by Crippen LogP contribution is 2.61. The number of pyridine rings is 1. The van der Waals surface area contributed by atoms with Gasteiger partial charge < -0.3 is 4.74 Å². The van der Waals surface area contributed by atoms with Gasteiger partial charge in [-0.25, -0.2) is 0 Å². The van der Waals surface area contributed by atoms with Crippen LogP contribution in [-0.2, 0) is 10.8 Å². The molecule has 1 aliphatic heterocycles. The number of rotatable bonds is 3. The molecule has 51 heavy (non-hydrogen) atoms. The van der Waals surface area contributed by atoms with Crippen molar-refractivity contribution < 1.29 is 4.74 Å². The molecule has 0 fully saturated rings. The molecule has 8 aromatic rings. The second-order valence-corrected chi connectivity index (χ2v) is 14.3. The molecule has 0 atom stereocenters. The summed E-state index contributed by atoms with van der Waals surface area (Å²) in [6, 6.07) is 61.7. The van der Waals surface area contributed by atoms with Gasteiger partial charge in [-0.2, -0.15) is 0 Å². The molecule has 0 saturated carbocycles. The SMILES string of the molecule is CC1(C)c2ccccc2C2(c3ccccc3Oc3ccccc32)c2cc(-c3ccccc3-c3ccc(-c4cccc5cccnc45)cc3)ccc21. The molecule has 10 rings (SSSR count). The zero-order chi connectivity index (χ0) is 34.2. The van der Waals surface area contributed by atoms with Crippen LogP contribution in [0.3, 0.4) is 0 Å². The molecule has 2 nitrogen and oxygen atoms in total. The number of fused-ring (bicyclic) bond motifs is 9. The van der Waals surface area contributed by atoms with Crippen molar-refractivity contribution in [2.45, 2.75) is 24.7 Å². The van der Waals surface area contributed by atoms with E-state index in [0.717, 1.165) is 33.5 Å². The molecular weight excluding hydrogens is 619 g/mol. The van der Waals surface area contributed by atoms with E-state index in [1.807, 2.05) is 12.3 Å². The van der Waals surface area contributed by atoms with Crippen LogP contribution in [0.25, 0.3) is 44.3 Å². The Morgan fingerprint density at radius 2 is 0.922 bits per heavy atom. The molecule has 0 N–H and O–H groups in total. The van der Waals surface area contributed by atoms with Gasteiger partial charge in [-0.05, 0) is 74.3 Å². The summed E-state index contributed by atoms with van der Waals surface area (Å²) in [7, 11) is 0. The lowest BCUT2D eigenvalue weighted by atomic mass is 9.53. The average molecular weight is 654 g/mol. The summed E-state index contributed by atoms with van der Waals surface area (Å²) in [5.74, 6) is 1.81. The molecule has 1 aliphatic carbocycles. The zero-order valence-corrected chi connectivity index (χ0v) is 28.6. The van der Waals surface area contributed by atoms with Crippen LogP contribution in [-0.4, -0.2) is 4.98 Å². The minimum absolute atomic E-state index is 0.205. The van der Waals surface area contributed by atoms with E-state index in [2.05, 4.69) is 178 Å². The van der Waals surface area contributed by atoms with Crippen molar-refractivity contribution in [2.75, 3.05) is 0 Å². The minimum Gasteiger partial charge on any atom is -0.457 e. The van der Waals surface area contributed by atoms with Crippen molar-refractivity contribution in [1.29, 1.82) is 0 Å². The lowest BCUT2D eigenvalue weighted by Gasteiger charge is -2.50. The molecule has 2 aliphatic rings. The van der Waals surface area contributed by atoms with Gasteiger partial charge in [0.25, 0.3) is 0 Å². The Morgan fingerprint density at radius 3 is 1.63 bits per heavy atom. The summed E-state index contributed by atoms with van der Waals surface area (Å²) in [6.45, 7) is 4.74. The molecular formula is C49H35NO. The van der Waals surface area contributed by atoms with Crippen molar-refractivity contribution in [2.24, 2.45) is 0 Å². The monoisotopic (exact) mass is 653 g/mol. The fraction of sp³-hybridized carbons (Fsp3) is 0.0816. The lowest BCUT2D eigenvalue weighted by Crippen LogP contribution is -2.43. The van der Waals surface area contributed by atoms with Crippen molar-refractivity contribution in [3.05, 3.63) is 209 Å². The van der Waals surface area contributed by atoms with E-state index in [-0.39, 0.29) is 5.41 Å². The normalized spacial score (nSPS) is 14.5. The Hall–Kier alpha value is -6.25. The molecule has 2 heterocycles. The Balaban J connectivity index is 1.18. The first-order chi connectivity index (χ1) is 25.0. The lowest BCUT2D eigenvalue weighted by molar-refractivity contribution is 0.425. The largest absolute Gasteiger partial charge is 0.457 e. The van der Waals surface area contributed by atoms with Gasteiger partial charge in [0.2, 0.25) is 0 Å². The first-order valence-corrected chi connectivity index (χ1v) is 17.7. The minimum atomic E-state index is -0.550. The number of hydrogen-bond acceptors (Lipinski definition) is 2. The molecule has 0 bridgehead atoms. The maximum Gasteiger partial charge on any atom is 0.132 e. The number of para-hydroxylation sites is 3. The number of ether oxygens (including phenoxy) is 1. The molecule has 1 aromatic heterocycles. The molecule has 0 saturated heterocycles. The van der Waals surface area contributed by atoms with Gasteiger partial charge in [-0.1, -0.05) is 159 Å². The molecule has 0 unspecified atom stereocenters. The van der Waals surface area contributed by atoms with Gasteiger partial charge in [0.15, 0.2) is 0 Å². The summed E-state index contributed by atoms with van der Waals surface area (Å²) in [5, 5.41) is 1.15. The third-order valence-corrected chi connectivity index (χ3v) is 11.3. The summed E-state index contributed by atoms with van der Waals surface area (Å²) in [6.07, 6.45) is 1.87. The quantitative estimate of drug-likeness (QED) is 0.189. The second kappa shape index (κ2) is 11.1. The van der Waals surface area contributed by atoms with E-state index < -0.39 is 5.41 Å². The zero-order valence-electron chi connectivity index (χ0n) is 28.6. The van der Waals surface area contributed by atoms with E-state index in [0.29, 0.717) is 0 Å². The van der Waals surface area contributed by atoms with Gasteiger partial charge >= 0.3 is 0 Å². The van der Waals surface area contributed by atoms with E-state index in [1.54, 1.807) is 0 Å². The fourth-order valence-corrected chi connectivity index (χ4v) is 8.94. The summed E-state index contributed by atoms with van der Waals surface area (Å²) >= 11 is 0. The summed E-state index contributed by atoms with van der Waals surface area (Å²) in [5.41, 5.74) is 15.0. The highest BCUT2D eigenvalue weighted by Gasteiger charge is 2.52. The molecule has 2 heteroatoms. The predicted octanol–water partition coefficient (Wildman–Crippen LogP) is 12.4. The van der Waals surface area contributed by atoms with Crippen molar-refractivity contribution in [1.82, 2.24) is 4.98 Å². The Kier molecular flexibility index (Phi) is 6.47. The van der Waals surface area contributed by atoms with Crippen LogP contribution in [0, 0.1) is 0 Å². The van der Waals surface area contributed by atoms with Crippen LogP contribution in [0.2, 0.25) is 0 Å². The van der Waals surface area contributed by atoms with Crippen molar-refractivity contribution >= 4 is 10.9 Å². The molecule has 242 valence electrons. The average Bonchev–Trinajstić information content (AvgIpc) is 3.19. The first kappa shape index (κ1) is 29.6. The fourth-order valence-electron chi connectivity index (χ4n) is 8.94. The highest BCUT2D eigenvalue weighted by molar-refractivity contribution is 5.94. The van der Waals surface area contributed by atoms with Gasteiger partial charge in [-0.3, -0.25) is 4.98 Å². The van der Waals surface area contributed by atoms with Crippen LogP contribution >= 0.6 is 0 Å². The van der Waals surface area contributed by atoms with Gasteiger partial charge in [0, 0.05) is 33.7 Å². The summed E-state index contributed by atoms with van der Waals surface area (Å²) in [4.78, 5) is 4.71. The summed E-state index contributed by atoms with van der Waals surface area (Å²) < 4.78 is 6.64. The Bertz CT molecular complexity index is 2600. The van der Waals surface area contributed by atoms with Crippen LogP contribution < -0.4 is 4.74 Å². The number of aromatic nitrogens is 1. The maximum absolute atomic E-state index is 6.64. The van der Waals surface area contributed by atoms with Crippen molar-refractivity contribution in [3.8, 4) is 44.9 Å². The third kappa shape index (κ3) is 4.26. The second-order valence-electron chi connectivity index (χ2n) is 14.3. The van der Waals surface area contributed by atoms with Crippen LogP contribution in [0.15, 0.2) is 176 Å². The van der Waals surface area contributed by atoms with E-state index in [1.165, 1.54) is 55.6 Å². The molecule has 0 radical (unpaired) electrons. The standard InChI is InChI=1S/C49H35NO/c1-48(2)39-18-5-6-19-41(39)49(42-20-7-9-22-45(42)51-46-23-10-8-21-43(46)49)44-31-35(28-29-40(44)48)37-16-4-3-15-36(37)32-24-26-33(27-25-32)38-17-11-13-34-14-12-30-50-47(34)38/h3-31H,1-2H3. The van der Waals surface area contributed by atoms with Gasteiger partial charge in [-0.15, -0.1) is 0 Å². The maximum atomic E-state index is 6.64. The van der Waals surface area contributed by atoms with Crippen LogP contribution in [0.5, 0.6) is 11.5 Å². The van der Waals surface area contributed by atoms with Crippen molar-refractivity contribution in [3.63, 3.8) is 0 Å². The first-order valence-electron chi connectivity index (χ1n) is 17.7. The van der Waals surface area contributed by atoms with Crippen LogP contribution in [0.4, 0.5) is 0 Å². The predicted molar refractivity (Wildman–Crippen MR) is 209 cm³/mol.